The zero-order valence-electron chi connectivity index (χ0n) is 7.56. The van der Waals surface area contributed by atoms with Gasteiger partial charge in [0.05, 0.1) is 6.26 Å². The monoisotopic (exact) mass is 202 g/mol. The van der Waals surface area contributed by atoms with Crippen molar-refractivity contribution in [3.05, 3.63) is 36.3 Å². The lowest BCUT2D eigenvalue weighted by molar-refractivity contribution is 0.0665. The average Bonchev–Trinajstić information content (AvgIpc) is 2.82. The molecule has 3 rings (SSSR count). The average molecular weight is 202 g/mol. The molecule has 3 aromatic rings. The number of hydrogen-bond donors (Lipinski definition) is 1. The van der Waals surface area contributed by atoms with E-state index in [-0.39, 0.29) is 5.76 Å². The summed E-state index contributed by atoms with van der Waals surface area (Å²) in [5.74, 6) is -1.15. The van der Waals surface area contributed by atoms with Crippen LogP contribution in [-0.4, -0.2) is 11.1 Å². The molecule has 0 amide bonds. The highest BCUT2D eigenvalue weighted by atomic mass is 16.4. The van der Waals surface area contributed by atoms with Crippen LogP contribution in [0.1, 0.15) is 10.6 Å². The molecule has 0 saturated heterocycles. The van der Waals surface area contributed by atoms with E-state index in [4.69, 9.17) is 13.9 Å². The molecule has 0 bridgehead atoms. The smallest absolute Gasteiger partial charge is 0.371 e. The summed E-state index contributed by atoms with van der Waals surface area (Å²) in [6.07, 6.45) is 1.55. The lowest BCUT2D eigenvalue weighted by Gasteiger charge is -1.88. The number of rotatable bonds is 1. The van der Waals surface area contributed by atoms with Crippen molar-refractivity contribution in [2.24, 2.45) is 0 Å². The van der Waals surface area contributed by atoms with Gasteiger partial charge < -0.3 is 13.9 Å². The van der Waals surface area contributed by atoms with Gasteiger partial charge >= 0.3 is 5.97 Å². The zero-order valence-corrected chi connectivity index (χ0v) is 7.56. The van der Waals surface area contributed by atoms with Gasteiger partial charge in [0, 0.05) is 10.8 Å². The number of carboxylic acid groups (broad SMARTS) is 1. The summed E-state index contributed by atoms with van der Waals surface area (Å²) in [6.45, 7) is 0. The molecule has 0 radical (unpaired) electrons. The molecule has 0 atom stereocenters. The van der Waals surface area contributed by atoms with Crippen molar-refractivity contribution in [3.63, 3.8) is 0 Å². The Morgan fingerprint density at radius 1 is 1.13 bits per heavy atom. The Balaban J connectivity index is 2.46. The van der Waals surface area contributed by atoms with Crippen LogP contribution in [0, 0.1) is 0 Å². The van der Waals surface area contributed by atoms with Crippen molar-refractivity contribution in [1.29, 1.82) is 0 Å². The van der Waals surface area contributed by atoms with E-state index in [1.807, 2.05) is 12.1 Å². The van der Waals surface area contributed by atoms with Gasteiger partial charge in [0.15, 0.2) is 11.2 Å². The van der Waals surface area contributed by atoms with Gasteiger partial charge in [-0.2, -0.15) is 0 Å². The van der Waals surface area contributed by atoms with E-state index in [9.17, 15) is 4.79 Å². The SMILES string of the molecule is O=C(O)c1cc2ccc3ccoc3c2o1. The van der Waals surface area contributed by atoms with Crippen LogP contribution in [-0.2, 0) is 0 Å². The van der Waals surface area contributed by atoms with Crippen LogP contribution in [0.15, 0.2) is 39.4 Å². The molecule has 0 saturated carbocycles. The second-order valence-electron chi connectivity index (χ2n) is 3.24. The first-order valence-corrected chi connectivity index (χ1v) is 4.39. The normalized spacial score (nSPS) is 11.2. The molecule has 4 nitrogen and oxygen atoms in total. The predicted molar refractivity (Wildman–Crippen MR) is 52.9 cm³/mol. The second-order valence-corrected chi connectivity index (χ2v) is 3.24. The topological polar surface area (TPSA) is 63.6 Å². The number of carbonyl (C=O) groups is 1. The molecule has 2 aromatic heterocycles. The fourth-order valence-corrected chi connectivity index (χ4v) is 1.63. The Bertz CT molecular complexity index is 659. The van der Waals surface area contributed by atoms with E-state index in [1.165, 1.54) is 6.07 Å². The number of benzene rings is 1. The summed E-state index contributed by atoms with van der Waals surface area (Å²) >= 11 is 0. The summed E-state index contributed by atoms with van der Waals surface area (Å²) in [6, 6.07) is 6.96. The number of aromatic carboxylic acids is 1. The third-order valence-electron chi connectivity index (χ3n) is 2.32. The largest absolute Gasteiger partial charge is 0.475 e. The first kappa shape index (κ1) is 8.11. The molecule has 15 heavy (non-hydrogen) atoms. The van der Waals surface area contributed by atoms with E-state index < -0.39 is 5.97 Å². The molecule has 0 aliphatic carbocycles. The summed E-state index contributed by atoms with van der Waals surface area (Å²) in [5, 5.41) is 10.4. The van der Waals surface area contributed by atoms with Crippen molar-refractivity contribution in [2.45, 2.75) is 0 Å². The number of hydrogen-bond acceptors (Lipinski definition) is 3. The summed E-state index contributed by atoms with van der Waals surface area (Å²) in [7, 11) is 0. The maximum Gasteiger partial charge on any atom is 0.371 e. The van der Waals surface area contributed by atoms with Gasteiger partial charge in [-0.25, -0.2) is 4.79 Å². The first-order chi connectivity index (χ1) is 7.25. The van der Waals surface area contributed by atoms with Crippen LogP contribution in [0.3, 0.4) is 0 Å². The first-order valence-electron chi connectivity index (χ1n) is 4.39. The molecular weight excluding hydrogens is 196 g/mol. The molecule has 4 heteroatoms. The van der Waals surface area contributed by atoms with Gasteiger partial charge in [0.1, 0.15) is 0 Å². The van der Waals surface area contributed by atoms with Crippen LogP contribution >= 0.6 is 0 Å². The number of fused-ring (bicyclic) bond motifs is 3. The molecule has 0 aliphatic rings. The van der Waals surface area contributed by atoms with Crippen LogP contribution in [0.4, 0.5) is 0 Å². The Hall–Kier alpha value is -2.23. The Kier molecular flexibility index (Phi) is 1.42. The third-order valence-corrected chi connectivity index (χ3v) is 2.32. The number of furan rings is 2. The highest BCUT2D eigenvalue weighted by molar-refractivity contribution is 6.03. The zero-order chi connectivity index (χ0) is 10.4. The molecule has 0 unspecified atom stereocenters. The minimum Gasteiger partial charge on any atom is -0.475 e. The molecular formula is C11H6O4. The van der Waals surface area contributed by atoms with E-state index in [0.717, 1.165) is 10.8 Å². The van der Waals surface area contributed by atoms with Crippen LogP contribution in [0.25, 0.3) is 21.9 Å². The van der Waals surface area contributed by atoms with Crippen LogP contribution in [0.2, 0.25) is 0 Å². The van der Waals surface area contributed by atoms with Gasteiger partial charge in [-0.15, -0.1) is 0 Å². The fraction of sp³-hybridized carbons (Fsp3) is 0. The van der Waals surface area contributed by atoms with Gasteiger partial charge in [0.2, 0.25) is 5.76 Å². The summed E-state index contributed by atoms with van der Waals surface area (Å²) < 4.78 is 10.4. The Morgan fingerprint density at radius 3 is 2.73 bits per heavy atom. The summed E-state index contributed by atoms with van der Waals surface area (Å²) in [5.41, 5.74) is 1.06. The van der Waals surface area contributed by atoms with Crippen LogP contribution in [0.5, 0.6) is 0 Å². The third kappa shape index (κ3) is 1.05. The predicted octanol–water partition coefficient (Wildman–Crippen LogP) is 2.88. The second kappa shape index (κ2) is 2.63. The molecule has 0 aliphatic heterocycles. The maximum atomic E-state index is 10.7. The van der Waals surface area contributed by atoms with E-state index in [2.05, 4.69) is 0 Å². The number of carboxylic acids is 1. The molecule has 1 N–H and O–H groups in total. The van der Waals surface area contributed by atoms with Crippen molar-refractivity contribution < 1.29 is 18.7 Å². The van der Waals surface area contributed by atoms with Crippen molar-refractivity contribution in [3.8, 4) is 0 Å². The molecule has 0 fully saturated rings. The van der Waals surface area contributed by atoms with E-state index >= 15 is 0 Å². The Labute approximate surface area is 83.7 Å². The van der Waals surface area contributed by atoms with Crippen molar-refractivity contribution in [1.82, 2.24) is 0 Å². The minimum atomic E-state index is -1.08. The van der Waals surface area contributed by atoms with Crippen molar-refractivity contribution in [2.75, 3.05) is 0 Å². The van der Waals surface area contributed by atoms with Gasteiger partial charge in [-0.3, -0.25) is 0 Å². The van der Waals surface area contributed by atoms with Crippen LogP contribution < -0.4 is 0 Å². The standard InChI is InChI=1S/C11H6O4/c12-11(13)8-5-7-2-1-6-3-4-14-9(6)10(7)15-8/h1-5H,(H,12,13). The highest BCUT2D eigenvalue weighted by Crippen LogP contribution is 2.28. The lowest BCUT2D eigenvalue weighted by atomic mass is 10.2. The molecule has 2 heterocycles. The molecule has 0 spiro atoms. The quantitative estimate of drug-likeness (QED) is 0.658. The van der Waals surface area contributed by atoms with E-state index in [1.54, 1.807) is 12.3 Å². The maximum absolute atomic E-state index is 10.7. The van der Waals surface area contributed by atoms with Gasteiger partial charge in [-0.05, 0) is 12.1 Å². The van der Waals surface area contributed by atoms with Gasteiger partial charge in [0.25, 0.3) is 0 Å². The Morgan fingerprint density at radius 2 is 1.93 bits per heavy atom. The van der Waals surface area contributed by atoms with E-state index in [0.29, 0.717) is 11.2 Å². The summed E-state index contributed by atoms with van der Waals surface area (Å²) in [4.78, 5) is 10.7. The highest BCUT2D eigenvalue weighted by Gasteiger charge is 2.13. The van der Waals surface area contributed by atoms with Crippen molar-refractivity contribution >= 4 is 27.9 Å². The van der Waals surface area contributed by atoms with Gasteiger partial charge in [-0.1, -0.05) is 12.1 Å². The fourth-order valence-electron chi connectivity index (χ4n) is 1.63. The molecule has 1 aromatic carbocycles. The molecule has 74 valence electrons. The minimum absolute atomic E-state index is 0.0751. The lowest BCUT2D eigenvalue weighted by Crippen LogP contribution is -1.91.